The molecule has 1 aromatic heterocycles. The number of aliphatic hydroxyl groups excluding tert-OH is 1. The van der Waals surface area contributed by atoms with Crippen molar-refractivity contribution >= 4 is 15.9 Å². The Hall–Kier alpha value is -0.610. The second kappa shape index (κ2) is 4.34. The molecule has 2 rings (SSSR count). The molecule has 0 aromatic carbocycles. The Balaban J connectivity index is 2.06. The number of ether oxygens (including phenoxy) is 1. The maximum atomic E-state index is 9.77. The van der Waals surface area contributed by atoms with Crippen LogP contribution in [-0.4, -0.2) is 22.3 Å². The van der Waals surface area contributed by atoms with E-state index in [-0.39, 0.29) is 17.6 Å². The topological polar surface area (TPSA) is 42.4 Å². The first kappa shape index (κ1) is 11.9. The summed E-state index contributed by atoms with van der Waals surface area (Å²) in [6.45, 7) is 4.15. The molecule has 1 fully saturated rings. The Bertz CT molecular complexity index is 385. The average molecular weight is 286 g/mol. The van der Waals surface area contributed by atoms with E-state index in [9.17, 15) is 5.11 Å². The van der Waals surface area contributed by atoms with Crippen molar-refractivity contribution in [3.05, 3.63) is 22.9 Å². The third-order valence-corrected chi connectivity index (χ3v) is 4.09. The van der Waals surface area contributed by atoms with Gasteiger partial charge in [0.2, 0.25) is 0 Å². The highest BCUT2D eigenvalue weighted by molar-refractivity contribution is 9.10. The first-order valence-electron chi connectivity index (χ1n) is 5.51. The third-order valence-electron chi connectivity index (χ3n) is 3.65. The standard InChI is InChI=1S/C12H16BrNO2/c1-3-12(2)10(15)5-11(12)16-9-4-8(13)6-14-7-9/h4,6-7,10-11,15H,3,5H2,1-2H3. The monoisotopic (exact) mass is 285 g/mol. The van der Waals surface area contributed by atoms with Crippen LogP contribution >= 0.6 is 15.9 Å². The molecule has 0 bridgehead atoms. The SMILES string of the molecule is CCC1(C)C(O)CC1Oc1cncc(Br)c1. The fraction of sp³-hybridized carbons (Fsp3) is 0.583. The van der Waals surface area contributed by atoms with E-state index >= 15 is 0 Å². The van der Waals surface area contributed by atoms with Gasteiger partial charge in [-0.2, -0.15) is 0 Å². The second-order valence-electron chi connectivity index (χ2n) is 4.56. The highest BCUT2D eigenvalue weighted by Gasteiger charge is 2.51. The number of hydrogen-bond donors (Lipinski definition) is 1. The second-order valence-corrected chi connectivity index (χ2v) is 5.47. The lowest BCUT2D eigenvalue weighted by Gasteiger charge is -2.50. The molecule has 0 aliphatic heterocycles. The first-order chi connectivity index (χ1) is 7.56. The quantitative estimate of drug-likeness (QED) is 0.929. The number of rotatable bonds is 3. The van der Waals surface area contributed by atoms with Crippen LogP contribution in [0.5, 0.6) is 5.75 Å². The molecule has 1 heterocycles. The van der Waals surface area contributed by atoms with Crippen molar-refractivity contribution in [1.82, 2.24) is 4.98 Å². The van der Waals surface area contributed by atoms with E-state index in [0.717, 1.165) is 16.6 Å². The van der Waals surface area contributed by atoms with Gasteiger partial charge in [-0.1, -0.05) is 13.8 Å². The van der Waals surface area contributed by atoms with Crippen molar-refractivity contribution in [3.8, 4) is 5.75 Å². The summed E-state index contributed by atoms with van der Waals surface area (Å²) in [6, 6.07) is 1.90. The summed E-state index contributed by atoms with van der Waals surface area (Å²) in [5, 5.41) is 9.77. The zero-order valence-corrected chi connectivity index (χ0v) is 11.1. The minimum Gasteiger partial charge on any atom is -0.488 e. The van der Waals surface area contributed by atoms with Crippen LogP contribution in [0.25, 0.3) is 0 Å². The Morgan fingerprint density at radius 1 is 1.62 bits per heavy atom. The highest BCUT2D eigenvalue weighted by Crippen LogP contribution is 2.45. The molecule has 88 valence electrons. The largest absolute Gasteiger partial charge is 0.488 e. The summed E-state index contributed by atoms with van der Waals surface area (Å²) in [6.07, 6.45) is 4.88. The van der Waals surface area contributed by atoms with Crippen molar-refractivity contribution in [2.75, 3.05) is 0 Å². The lowest BCUT2D eigenvalue weighted by molar-refractivity contribution is -0.147. The smallest absolute Gasteiger partial charge is 0.139 e. The summed E-state index contributed by atoms with van der Waals surface area (Å²) in [5.41, 5.74) is -0.123. The lowest BCUT2D eigenvalue weighted by Crippen LogP contribution is -2.57. The van der Waals surface area contributed by atoms with Gasteiger partial charge >= 0.3 is 0 Å². The molecule has 0 radical (unpaired) electrons. The third kappa shape index (κ3) is 1.96. The van der Waals surface area contributed by atoms with Gasteiger partial charge in [-0.15, -0.1) is 0 Å². The van der Waals surface area contributed by atoms with Gasteiger partial charge in [-0.05, 0) is 28.4 Å². The number of aromatic nitrogens is 1. The molecule has 4 heteroatoms. The number of halogens is 1. The zero-order valence-electron chi connectivity index (χ0n) is 9.48. The summed E-state index contributed by atoms with van der Waals surface area (Å²) in [7, 11) is 0. The Kier molecular flexibility index (Phi) is 3.22. The summed E-state index contributed by atoms with van der Waals surface area (Å²) in [4.78, 5) is 4.05. The van der Waals surface area contributed by atoms with Gasteiger partial charge in [0, 0.05) is 22.5 Å². The van der Waals surface area contributed by atoms with E-state index in [0.29, 0.717) is 6.42 Å². The average Bonchev–Trinajstić information content (AvgIpc) is 2.27. The molecule has 3 atom stereocenters. The molecular formula is C12H16BrNO2. The van der Waals surface area contributed by atoms with Crippen molar-refractivity contribution in [1.29, 1.82) is 0 Å². The van der Waals surface area contributed by atoms with Crippen molar-refractivity contribution in [3.63, 3.8) is 0 Å². The molecule has 0 saturated heterocycles. The molecule has 0 amide bonds. The molecule has 3 unspecified atom stereocenters. The van der Waals surface area contributed by atoms with Crippen LogP contribution in [0.2, 0.25) is 0 Å². The van der Waals surface area contributed by atoms with E-state index in [1.807, 2.05) is 6.07 Å². The molecule has 1 aliphatic rings. The molecular weight excluding hydrogens is 270 g/mol. The first-order valence-corrected chi connectivity index (χ1v) is 6.31. The van der Waals surface area contributed by atoms with Crippen LogP contribution < -0.4 is 4.74 Å². The van der Waals surface area contributed by atoms with Gasteiger partial charge in [-0.3, -0.25) is 4.98 Å². The van der Waals surface area contributed by atoms with Gasteiger partial charge in [0.25, 0.3) is 0 Å². The lowest BCUT2D eigenvalue weighted by atomic mass is 9.63. The highest BCUT2D eigenvalue weighted by atomic mass is 79.9. The van der Waals surface area contributed by atoms with Gasteiger partial charge in [0.15, 0.2) is 0 Å². The predicted octanol–water partition coefficient (Wildman–Crippen LogP) is 2.77. The summed E-state index contributed by atoms with van der Waals surface area (Å²) >= 11 is 3.36. The minimum absolute atomic E-state index is 0.0867. The fourth-order valence-corrected chi connectivity index (χ4v) is 2.41. The Morgan fingerprint density at radius 2 is 2.38 bits per heavy atom. The van der Waals surface area contributed by atoms with Crippen molar-refractivity contribution < 1.29 is 9.84 Å². The number of nitrogens with zero attached hydrogens (tertiary/aromatic N) is 1. The van der Waals surface area contributed by atoms with E-state index in [4.69, 9.17) is 4.74 Å². The van der Waals surface area contributed by atoms with E-state index in [1.165, 1.54) is 0 Å². The van der Waals surface area contributed by atoms with Crippen LogP contribution in [-0.2, 0) is 0 Å². The molecule has 1 saturated carbocycles. The molecule has 3 nitrogen and oxygen atoms in total. The van der Waals surface area contributed by atoms with Crippen LogP contribution in [0.4, 0.5) is 0 Å². The van der Waals surface area contributed by atoms with Crippen LogP contribution in [0, 0.1) is 5.41 Å². The van der Waals surface area contributed by atoms with Crippen LogP contribution in [0.15, 0.2) is 22.9 Å². The van der Waals surface area contributed by atoms with Gasteiger partial charge < -0.3 is 9.84 Å². The fourth-order valence-electron chi connectivity index (χ4n) is 2.06. The van der Waals surface area contributed by atoms with E-state index in [1.54, 1.807) is 12.4 Å². The molecule has 16 heavy (non-hydrogen) atoms. The zero-order chi connectivity index (χ0) is 11.8. The predicted molar refractivity (Wildman–Crippen MR) is 65.4 cm³/mol. The molecule has 1 aromatic rings. The van der Waals surface area contributed by atoms with Gasteiger partial charge in [0.1, 0.15) is 11.9 Å². The maximum absolute atomic E-state index is 9.77. The number of pyridine rings is 1. The normalized spacial score (nSPS) is 33.2. The number of aliphatic hydroxyl groups is 1. The number of hydrogen-bond acceptors (Lipinski definition) is 3. The van der Waals surface area contributed by atoms with Crippen LogP contribution in [0.3, 0.4) is 0 Å². The van der Waals surface area contributed by atoms with Crippen molar-refractivity contribution in [2.24, 2.45) is 5.41 Å². The molecule has 0 spiro atoms. The van der Waals surface area contributed by atoms with E-state index in [2.05, 4.69) is 34.8 Å². The summed E-state index contributed by atoms with van der Waals surface area (Å²) in [5.74, 6) is 0.756. The van der Waals surface area contributed by atoms with Crippen molar-refractivity contribution in [2.45, 2.75) is 38.9 Å². The molecule has 1 aliphatic carbocycles. The Labute approximate surface area is 104 Å². The minimum atomic E-state index is -0.248. The summed E-state index contributed by atoms with van der Waals surface area (Å²) < 4.78 is 6.76. The van der Waals surface area contributed by atoms with Crippen LogP contribution in [0.1, 0.15) is 26.7 Å². The Morgan fingerprint density at radius 3 is 2.94 bits per heavy atom. The molecule has 1 N–H and O–H groups in total. The maximum Gasteiger partial charge on any atom is 0.139 e. The van der Waals surface area contributed by atoms with E-state index < -0.39 is 0 Å². The van der Waals surface area contributed by atoms with Gasteiger partial charge in [0.05, 0.1) is 12.3 Å². The van der Waals surface area contributed by atoms with Gasteiger partial charge in [-0.25, -0.2) is 0 Å².